The molecule has 2 heterocycles. The summed E-state index contributed by atoms with van der Waals surface area (Å²) >= 11 is 3.27. The van der Waals surface area contributed by atoms with Gasteiger partial charge < -0.3 is 5.32 Å². The molecule has 1 aromatic heterocycles. The number of aromatic nitrogens is 2. The molecule has 0 aromatic carbocycles. The van der Waals surface area contributed by atoms with E-state index in [0.717, 1.165) is 12.8 Å². The molecule has 0 saturated carbocycles. The van der Waals surface area contributed by atoms with Crippen molar-refractivity contribution in [2.45, 2.75) is 38.8 Å². The van der Waals surface area contributed by atoms with Gasteiger partial charge in [0.2, 0.25) is 0 Å². The third kappa shape index (κ3) is 3.60. The van der Waals surface area contributed by atoms with Crippen molar-refractivity contribution in [3.63, 3.8) is 0 Å². The molecular weight excluding hydrogens is 346 g/mol. The van der Waals surface area contributed by atoms with Gasteiger partial charge in [0.25, 0.3) is 5.56 Å². The van der Waals surface area contributed by atoms with Crippen molar-refractivity contribution in [2.75, 3.05) is 16.8 Å². The average molecular weight is 364 g/mol. The van der Waals surface area contributed by atoms with E-state index in [2.05, 4.69) is 26.3 Å². The molecule has 2 rings (SSSR count). The maximum Gasteiger partial charge on any atom is 0.283 e. The van der Waals surface area contributed by atoms with Crippen LogP contribution in [-0.4, -0.2) is 35.7 Å². The number of nitrogens with one attached hydrogen (secondary N) is 1. The molecule has 20 heavy (non-hydrogen) atoms. The molecule has 0 radical (unpaired) electrons. The van der Waals surface area contributed by atoms with E-state index in [1.807, 2.05) is 6.92 Å². The van der Waals surface area contributed by atoms with Crippen molar-refractivity contribution in [2.24, 2.45) is 0 Å². The lowest BCUT2D eigenvalue weighted by molar-refractivity contribution is 0.557. The van der Waals surface area contributed by atoms with Crippen LogP contribution in [0.25, 0.3) is 0 Å². The Kier molecular flexibility index (Phi) is 4.85. The Bertz CT molecular complexity index is 642. The first-order chi connectivity index (χ1) is 9.43. The largest absolute Gasteiger partial charge is 0.379 e. The number of hydrogen-bond acceptors (Lipinski definition) is 5. The third-order valence-corrected chi connectivity index (χ3v) is 5.83. The standard InChI is InChI=1S/C12H18BrN3O3S/c1-2-5-16-12(17)11(13)10(7-14-16)15-9-4-3-6-20(18,19)8-9/h7,9,15H,2-6,8H2,1H3. The number of halogens is 1. The van der Waals surface area contributed by atoms with Crippen LogP contribution in [0.2, 0.25) is 0 Å². The lowest BCUT2D eigenvalue weighted by Gasteiger charge is -2.24. The predicted molar refractivity (Wildman–Crippen MR) is 81.8 cm³/mol. The van der Waals surface area contributed by atoms with Gasteiger partial charge in [0, 0.05) is 12.6 Å². The Morgan fingerprint density at radius 1 is 1.55 bits per heavy atom. The summed E-state index contributed by atoms with van der Waals surface area (Å²) in [5.74, 6) is 0.361. The first-order valence-electron chi connectivity index (χ1n) is 6.65. The summed E-state index contributed by atoms with van der Waals surface area (Å²) in [4.78, 5) is 12.0. The Hall–Kier alpha value is -0.890. The van der Waals surface area contributed by atoms with Gasteiger partial charge in [0.05, 0.1) is 23.4 Å². The van der Waals surface area contributed by atoms with Crippen molar-refractivity contribution < 1.29 is 8.42 Å². The average Bonchev–Trinajstić information content (AvgIpc) is 2.37. The Labute approximate surface area is 126 Å². The van der Waals surface area contributed by atoms with E-state index in [4.69, 9.17) is 0 Å². The molecule has 0 aliphatic carbocycles. The van der Waals surface area contributed by atoms with Gasteiger partial charge in [-0.3, -0.25) is 4.79 Å². The predicted octanol–water partition coefficient (Wildman–Crippen LogP) is 1.40. The van der Waals surface area contributed by atoms with Gasteiger partial charge >= 0.3 is 0 Å². The minimum atomic E-state index is -2.97. The second-order valence-electron chi connectivity index (χ2n) is 5.00. The number of rotatable bonds is 4. The zero-order valence-electron chi connectivity index (χ0n) is 11.3. The lowest BCUT2D eigenvalue weighted by Crippen LogP contribution is -2.35. The zero-order valence-corrected chi connectivity index (χ0v) is 13.7. The third-order valence-electron chi connectivity index (χ3n) is 3.24. The van der Waals surface area contributed by atoms with Crippen LogP contribution >= 0.6 is 15.9 Å². The molecule has 1 aromatic rings. The van der Waals surface area contributed by atoms with E-state index in [9.17, 15) is 13.2 Å². The van der Waals surface area contributed by atoms with E-state index < -0.39 is 9.84 Å². The van der Waals surface area contributed by atoms with Crippen molar-refractivity contribution in [3.05, 3.63) is 21.0 Å². The van der Waals surface area contributed by atoms with Crippen molar-refractivity contribution >= 4 is 31.5 Å². The molecule has 0 bridgehead atoms. The minimum absolute atomic E-state index is 0.109. The highest BCUT2D eigenvalue weighted by Crippen LogP contribution is 2.21. The van der Waals surface area contributed by atoms with E-state index in [-0.39, 0.29) is 23.1 Å². The molecule has 1 atom stereocenters. The zero-order chi connectivity index (χ0) is 14.8. The van der Waals surface area contributed by atoms with Gasteiger partial charge in [-0.1, -0.05) is 6.92 Å². The summed E-state index contributed by atoms with van der Waals surface area (Å²) in [5.41, 5.74) is 0.361. The van der Waals surface area contributed by atoms with Crippen LogP contribution in [-0.2, 0) is 16.4 Å². The molecule has 0 amide bonds. The lowest BCUT2D eigenvalue weighted by atomic mass is 10.2. The second kappa shape index (κ2) is 6.26. The molecule has 1 aliphatic rings. The highest BCUT2D eigenvalue weighted by atomic mass is 79.9. The normalized spacial score (nSPS) is 21.6. The Morgan fingerprint density at radius 2 is 2.30 bits per heavy atom. The fourth-order valence-corrected chi connectivity index (χ4v) is 4.35. The van der Waals surface area contributed by atoms with Crippen molar-refractivity contribution in [1.29, 1.82) is 0 Å². The Balaban J connectivity index is 2.18. The topological polar surface area (TPSA) is 81.1 Å². The summed E-state index contributed by atoms with van der Waals surface area (Å²) in [5, 5.41) is 7.21. The fraction of sp³-hybridized carbons (Fsp3) is 0.667. The quantitative estimate of drug-likeness (QED) is 0.874. The summed E-state index contributed by atoms with van der Waals surface area (Å²) in [7, 11) is -2.97. The fourth-order valence-electron chi connectivity index (χ4n) is 2.29. The molecular formula is C12H18BrN3O3S. The summed E-state index contributed by atoms with van der Waals surface area (Å²) in [6, 6.07) is -0.159. The van der Waals surface area contributed by atoms with E-state index in [1.54, 1.807) is 6.20 Å². The maximum atomic E-state index is 12.0. The smallest absolute Gasteiger partial charge is 0.283 e. The van der Waals surface area contributed by atoms with Crippen LogP contribution in [0, 0.1) is 0 Å². The van der Waals surface area contributed by atoms with Gasteiger partial charge in [0.1, 0.15) is 4.47 Å². The van der Waals surface area contributed by atoms with Crippen LogP contribution in [0.5, 0.6) is 0 Å². The number of sulfone groups is 1. The second-order valence-corrected chi connectivity index (χ2v) is 8.02. The van der Waals surface area contributed by atoms with Crippen LogP contribution in [0.1, 0.15) is 26.2 Å². The highest BCUT2D eigenvalue weighted by Gasteiger charge is 2.25. The number of nitrogens with zero attached hydrogens (tertiary/aromatic N) is 2. The maximum absolute atomic E-state index is 12.0. The molecule has 0 spiro atoms. The first-order valence-corrected chi connectivity index (χ1v) is 9.27. The van der Waals surface area contributed by atoms with Crippen LogP contribution in [0.15, 0.2) is 15.5 Å². The molecule has 8 heteroatoms. The van der Waals surface area contributed by atoms with Gasteiger partial charge in [-0.05, 0) is 35.2 Å². The number of hydrogen-bond donors (Lipinski definition) is 1. The number of anilines is 1. The molecule has 1 fully saturated rings. The molecule has 112 valence electrons. The molecule has 6 nitrogen and oxygen atoms in total. The monoisotopic (exact) mass is 363 g/mol. The first kappa shape index (κ1) is 15.5. The van der Waals surface area contributed by atoms with Crippen LogP contribution in [0.4, 0.5) is 5.69 Å². The highest BCUT2D eigenvalue weighted by molar-refractivity contribution is 9.10. The Morgan fingerprint density at radius 3 is 2.95 bits per heavy atom. The summed E-state index contributed by atoms with van der Waals surface area (Å²) in [6.45, 7) is 2.54. The number of aryl methyl sites for hydroxylation is 1. The molecule has 1 unspecified atom stereocenters. The molecule has 1 aliphatic heterocycles. The molecule has 1 saturated heterocycles. The van der Waals surface area contributed by atoms with Crippen molar-refractivity contribution in [1.82, 2.24) is 9.78 Å². The SMILES string of the molecule is CCCn1ncc(NC2CCCS(=O)(=O)C2)c(Br)c1=O. The van der Waals surface area contributed by atoms with E-state index in [0.29, 0.717) is 23.1 Å². The van der Waals surface area contributed by atoms with Crippen LogP contribution in [0.3, 0.4) is 0 Å². The summed E-state index contributed by atoms with van der Waals surface area (Å²) in [6.07, 6.45) is 3.83. The minimum Gasteiger partial charge on any atom is -0.379 e. The van der Waals surface area contributed by atoms with Crippen molar-refractivity contribution in [3.8, 4) is 0 Å². The molecule has 1 N–H and O–H groups in total. The van der Waals surface area contributed by atoms with Gasteiger partial charge in [-0.2, -0.15) is 5.10 Å². The van der Waals surface area contributed by atoms with Gasteiger partial charge in [-0.25, -0.2) is 13.1 Å². The summed E-state index contributed by atoms with van der Waals surface area (Å²) < 4.78 is 25.0. The van der Waals surface area contributed by atoms with E-state index in [1.165, 1.54) is 4.68 Å². The van der Waals surface area contributed by atoms with Gasteiger partial charge in [-0.15, -0.1) is 0 Å². The van der Waals surface area contributed by atoms with E-state index >= 15 is 0 Å². The van der Waals surface area contributed by atoms with Crippen LogP contribution < -0.4 is 10.9 Å². The van der Waals surface area contributed by atoms with Gasteiger partial charge in [0.15, 0.2) is 9.84 Å².